The van der Waals surface area contributed by atoms with Gasteiger partial charge in [0.2, 0.25) is 0 Å². The van der Waals surface area contributed by atoms with Crippen LogP contribution in [-0.2, 0) is 0 Å². The number of non-ortho nitro benzene ring substituents is 2. The Balaban J connectivity index is 1.72. The molecule has 0 bridgehead atoms. The minimum atomic E-state index is -0.419. The SMILES string of the molecule is O=[N+]([O-])c1cccc(/C=C2/CCC3=C2NC(=S)NC3c2cccc([N+](=O)[O-])c2)c1. The molecule has 0 spiro atoms. The summed E-state index contributed by atoms with van der Waals surface area (Å²) in [4.78, 5) is 21.3. The van der Waals surface area contributed by atoms with Gasteiger partial charge in [-0.05, 0) is 53.4 Å². The number of nitro groups is 2. The number of hydrogen-bond donors (Lipinski definition) is 2. The molecular weight excluding hydrogens is 392 g/mol. The molecule has 0 radical (unpaired) electrons. The first kappa shape index (κ1) is 18.8. The number of hydrogen-bond acceptors (Lipinski definition) is 5. The predicted octanol–water partition coefficient (Wildman–Crippen LogP) is 4.15. The minimum absolute atomic E-state index is 0.0289. The smallest absolute Gasteiger partial charge is 0.270 e. The molecule has 2 N–H and O–H groups in total. The third-order valence-electron chi connectivity index (χ3n) is 5.00. The molecule has 8 nitrogen and oxygen atoms in total. The monoisotopic (exact) mass is 408 g/mol. The molecule has 2 aromatic carbocycles. The number of benzene rings is 2. The number of nitro benzene ring substituents is 2. The number of allylic oxidation sites excluding steroid dienone is 1. The molecule has 0 amide bonds. The van der Waals surface area contributed by atoms with Crippen LogP contribution < -0.4 is 10.6 Å². The second-order valence-electron chi connectivity index (χ2n) is 6.81. The first-order chi connectivity index (χ1) is 13.9. The molecule has 0 saturated heterocycles. The molecule has 2 aromatic rings. The second kappa shape index (κ2) is 7.44. The summed E-state index contributed by atoms with van der Waals surface area (Å²) in [6, 6.07) is 12.7. The van der Waals surface area contributed by atoms with Crippen LogP contribution in [-0.4, -0.2) is 15.0 Å². The second-order valence-corrected chi connectivity index (χ2v) is 7.21. The molecule has 0 aromatic heterocycles. The number of thiocarbonyl (C=S) groups is 1. The van der Waals surface area contributed by atoms with Gasteiger partial charge in [0.25, 0.3) is 11.4 Å². The molecule has 4 rings (SSSR count). The van der Waals surface area contributed by atoms with Gasteiger partial charge in [0.15, 0.2) is 5.11 Å². The molecule has 1 aliphatic carbocycles. The Hall–Kier alpha value is -3.59. The van der Waals surface area contributed by atoms with E-state index in [0.717, 1.165) is 40.8 Å². The van der Waals surface area contributed by atoms with Crippen LogP contribution in [0.3, 0.4) is 0 Å². The van der Waals surface area contributed by atoms with E-state index in [0.29, 0.717) is 5.11 Å². The average molecular weight is 408 g/mol. The summed E-state index contributed by atoms with van der Waals surface area (Å²) < 4.78 is 0. The fourth-order valence-corrected chi connectivity index (χ4v) is 3.94. The summed E-state index contributed by atoms with van der Waals surface area (Å²) in [5.74, 6) is 0. The van der Waals surface area contributed by atoms with Gasteiger partial charge in [-0.1, -0.05) is 24.3 Å². The normalized spacial score (nSPS) is 19.5. The molecule has 1 aliphatic heterocycles. The van der Waals surface area contributed by atoms with Gasteiger partial charge in [0.05, 0.1) is 15.9 Å². The van der Waals surface area contributed by atoms with E-state index < -0.39 is 9.85 Å². The van der Waals surface area contributed by atoms with Gasteiger partial charge in [0.1, 0.15) is 0 Å². The van der Waals surface area contributed by atoms with Crippen LogP contribution in [0.25, 0.3) is 6.08 Å². The summed E-state index contributed by atoms with van der Waals surface area (Å²) >= 11 is 5.36. The zero-order chi connectivity index (χ0) is 20.5. The van der Waals surface area contributed by atoms with Crippen LogP contribution >= 0.6 is 12.2 Å². The summed E-state index contributed by atoms with van der Waals surface area (Å²) in [7, 11) is 0. The van der Waals surface area contributed by atoms with E-state index in [9.17, 15) is 20.2 Å². The van der Waals surface area contributed by atoms with E-state index in [1.165, 1.54) is 18.2 Å². The Labute approximate surface area is 171 Å². The molecule has 2 aliphatic rings. The Bertz CT molecular complexity index is 1110. The molecular formula is C20H16N4O4S. The maximum absolute atomic E-state index is 11.1. The highest BCUT2D eigenvalue weighted by Crippen LogP contribution is 2.41. The first-order valence-corrected chi connectivity index (χ1v) is 9.33. The minimum Gasteiger partial charge on any atom is -0.352 e. The van der Waals surface area contributed by atoms with E-state index >= 15 is 0 Å². The van der Waals surface area contributed by atoms with E-state index in [1.54, 1.807) is 18.2 Å². The van der Waals surface area contributed by atoms with Crippen molar-refractivity contribution >= 4 is 34.8 Å². The molecule has 1 unspecified atom stereocenters. The van der Waals surface area contributed by atoms with Gasteiger partial charge in [0, 0.05) is 30.0 Å². The van der Waals surface area contributed by atoms with Crippen LogP contribution in [0, 0.1) is 20.2 Å². The highest BCUT2D eigenvalue weighted by Gasteiger charge is 2.32. The van der Waals surface area contributed by atoms with Crippen molar-refractivity contribution in [1.29, 1.82) is 0 Å². The van der Waals surface area contributed by atoms with Crippen LogP contribution in [0.15, 0.2) is 65.4 Å². The molecule has 146 valence electrons. The third kappa shape index (κ3) is 3.72. The maximum atomic E-state index is 11.1. The maximum Gasteiger partial charge on any atom is 0.270 e. The van der Waals surface area contributed by atoms with Crippen LogP contribution in [0.5, 0.6) is 0 Å². The van der Waals surface area contributed by atoms with Crippen molar-refractivity contribution in [3.05, 3.63) is 96.7 Å². The van der Waals surface area contributed by atoms with E-state index in [2.05, 4.69) is 10.6 Å². The van der Waals surface area contributed by atoms with E-state index in [4.69, 9.17) is 12.2 Å². The number of nitrogens with one attached hydrogen (secondary N) is 2. The summed E-state index contributed by atoms with van der Waals surface area (Å²) in [5.41, 5.74) is 4.52. The molecule has 0 fully saturated rings. The van der Waals surface area contributed by atoms with Crippen molar-refractivity contribution in [1.82, 2.24) is 10.6 Å². The third-order valence-corrected chi connectivity index (χ3v) is 5.22. The lowest BCUT2D eigenvalue weighted by Crippen LogP contribution is -2.42. The van der Waals surface area contributed by atoms with Crippen molar-refractivity contribution in [2.24, 2.45) is 0 Å². The van der Waals surface area contributed by atoms with Crippen molar-refractivity contribution in [3.8, 4) is 0 Å². The fraction of sp³-hybridized carbons (Fsp3) is 0.150. The predicted molar refractivity (Wildman–Crippen MR) is 112 cm³/mol. The lowest BCUT2D eigenvalue weighted by atomic mass is 9.95. The zero-order valence-electron chi connectivity index (χ0n) is 15.1. The van der Waals surface area contributed by atoms with Gasteiger partial charge in [-0.15, -0.1) is 0 Å². The summed E-state index contributed by atoms with van der Waals surface area (Å²) in [6.07, 6.45) is 3.42. The first-order valence-electron chi connectivity index (χ1n) is 8.92. The van der Waals surface area contributed by atoms with Crippen LogP contribution in [0.4, 0.5) is 11.4 Å². The van der Waals surface area contributed by atoms with Crippen LogP contribution in [0.1, 0.15) is 30.0 Å². The lowest BCUT2D eigenvalue weighted by molar-refractivity contribution is -0.385. The van der Waals surface area contributed by atoms with Crippen molar-refractivity contribution in [2.75, 3.05) is 0 Å². The Kier molecular flexibility index (Phi) is 4.81. The quantitative estimate of drug-likeness (QED) is 0.444. The molecule has 29 heavy (non-hydrogen) atoms. The number of rotatable bonds is 4. The molecule has 1 atom stereocenters. The zero-order valence-corrected chi connectivity index (χ0v) is 15.9. The van der Waals surface area contributed by atoms with Gasteiger partial charge in [-0.2, -0.15) is 0 Å². The number of nitrogens with zero attached hydrogens (tertiary/aromatic N) is 2. The van der Waals surface area contributed by atoms with Crippen molar-refractivity contribution < 1.29 is 9.85 Å². The molecule has 1 heterocycles. The topological polar surface area (TPSA) is 110 Å². The van der Waals surface area contributed by atoms with E-state index in [1.807, 2.05) is 18.2 Å². The largest absolute Gasteiger partial charge is 0.352 e. The Morgan fingerprint density at radius 2 is 1.69 bits per heavy atom. The highest BCUT2D eigenvalue weighted by molar-refractivity contribution is 7.80. The lowest BCUT2D eigenvalue weighted by Gasteiger charge is -2.29. The fourth-order valence-electron chi connectivity index (χ4n) is 3.72. The summed E-state index contributed by atoms with van der Waals surface area (Å²) in [6.45, 7) is 0. The average Bonchev–Trinajstić information content (AvgIpc) is 3.10. The van der Waals surface area contributed by atoms with Crippen molar-refractivity contribution in [2.45, 2.75) is 18.9 Å². The van der Waals surface area contributed by atoms with Gasteiger partial charge in [-0.3, -0.25) is 20.2 Å². The van der Waals surface area contributed by atoms with Crippen molar-refractivity contribution in [3.63, 3.8) is 0 Å². The Morgan fingerprint density at radius 1 is 1.00 bits per heavy atom. The van der Waals surface area contributed by atoms with Gasteiger partial charge >= 0.3 is 0 Å². The standard InChI is InChI=1S/C20H16N4O4S/c25-23(26)15-5-1-3-12(10-15)9-14-7-8-17-18(21-20(29)22-19(14)17)13-4-2-6-16(11-13)24(27)28/h1-6,9-11,18H,7-8H2,(H2,21,22,29)/b14-9-. The summed E-state index contributed by atoms with van der Waals surface area (Å²) in [5, 5.41) is 29.0. The van der Waals surface area contributed by atoms with Gasteiger partial charge in [-0.25, -0.2) is 0 Å². The highest BCUT2D eigenvalue weighted by atomic mass is 32.1. The Morgan fingerprint density at radius 3 is 2.41 bits per heavy atom. The molecule has 9 heteroatoms. The van der Waals surface area contributed by atoms with E-state index in [-0.39, 0.29) is 17.4 Å². The molecule has 0 saturated carbocycles. The van der Waals surface area contributed by atoms with Crippen LogP contribution in [0.2, 0.25) is 0 Å². The van der Waals surface area contributed by atoms with Gasteiger partial charge < -0.3 is 10.6 Å².